The molecule has 1 aromatic carbocycles. The first-order valence-corrected chi connectivity index (χ1v) is 4.52. The van der Waals surface area contributed by atoms with Gasteiger partial charge in [0.25, 0.3) is 0 Å². The molecule has 0 bridgehead atoms. The van der Waals surface area contributed by atoms with E-state index in [0.29, 0.717) is 18.4 Å². The van der Waals surface area contributed by atoms with Crippen LogP contribution in [0.3, 0.4) is 0 Å². The Morgan fingerprint density at radius 3 is 2.93 bits per heavy atom. The average Bonchev–Trinajstić information content (AvgIpc) is 2.26. The van der Waals surface area contributed by atoms with Crippen LogP contribution in [0, 0.1) is 17.1 Å². The summed E-state index contributed by atoms with van der Waals surface area (Å²) in [6, 6.07) is 5.51. The van der Waals surface area contributed by atoms with Crippen molar-refractivity contribution in [3.63, 3.8) is 0 Å². The predicted octanol–water partition coefficient (Wildman–Crippen LogP) is 2.85. The largest absolute Gasteiger partial charge is 0.294 e. The quantitative estimate of drug-likeness (QED) is 0.557. The SMILES string of the molecule is C=CCCC(=O)c1ccc(F)c(C#N)c1. The van der Waals surface area contributed by atoms with Crippen LogP contribution in [-0.2, 0) is 0 Å². The highest BCUT2D eigenvalue weighted by atomic mass is 19.1. The summed E-state index contributed by atoms with van der Waals surface area (Å²) >= 11 is 0. The highest BCUT2D eigenvalue weighted by Gasteiger charge is 2.08. The molecule has 0 atom stereocenters. The lowest BCUT2D eigenvalue weighted by Crippen LogP contribution is -1.99. The first-order valence-electron chi connectivity index (χ1n) is 4.52. The topological polar surface area (TPSA) is 40.9 Å². The minimum absolute atomic E-state index is 0.0977. The number of ketones is 1. The van der Waals surface area contributed by atoms with E-state index in [9.17, 15) is 9.18 Å². The second kappa shape index (κ2) is 5.06. The van der Waals surface area contributed by atoms with Crippen molar-refractivity contribution >= 4 is 5.78 Å². The standard InChI is InChI=1S/C12H10FNO/c1-2-3-4-12(15)9-5-6-11(13)10(7-9)8-14/h2,5-7H,1,3-4H2. The molecule has 0 aliphatic rings. The maximum atomic E-state index is 12.9. The monoisotopic (exact) mass is 203 g/mol. The van der Waals surface area contributed by atoms with Crippen LogP contribution in [0.15, 0.2) is 30.9 Å². The molecule has 0 amide bonds. The molecule has 0 aliphatic carbocycles. The molecule has 0 radical (unpaired) electrons. The van der Waals surface area contributed by atoms with E-state index in [0.717, 1.165) is 6.07 Å². The lowest BCUT2D eigenvalue weighted by molar-refractivity contribution is 0.0983. The molecule has 2 nitrogen and oxygen atoms in total. The van der Waals surface area contributed by atoms with Crippen LogP contribution in [0.5, 0.6) is 0 Å². The smallest absolute Gasteiger partial charge is 0.163 e. The van der Waals surface area contributed by atoms with Gasteiger partial charge in [0, 0.05) is 12.0 Å². The molecular weight excluding hydrogens is 193 g/mol. The molecule has 76 valence electrons. The molecule has 0 saturated carbocycles. The van der Waals surface area contributed by atoms with E-state index >= 15 is 0 Å². The van der Waals surface area contributed by atoms with Gasteiger partial charge in [0.15, 0.2) is 5.78 Å². The lowest BCUT2D eigenvalue weighted by atomic mass is 10.0. The maximum Gasteiger partial charge on any atom is 0.163 e. The first-order chi connectivity index (χ1) is 7.19. The van der Waals surface area contributed by atoms with Gasteiger partial charge in [-0.15, -0.1) is 6.58 Å². The first kappa shape index (κ1) is 11.1. The molecule has 0 fully saturated rings. The van der Waals surface area contributed by atoms with Crippen LogP contribution in [0.25, 0.3) is 0 Å². The second-order valence-electron chi connectivity index (χ2n) is 3.06. The number of halogens is 1. The van der Waals surface area contributed by atoms with Gasteiger partial charge in [0.05, 0.1) is 5.56 Å². The predicted molar refractivity (Wildman–Crippen MR) is 54.9 cm³/mol. The van der Waals surface area contributed by atoms with Crippen LogP contribution in [-0.4, -0.2) is 5.78 Å². The fourth-order valence-corrected chi connectivity index (χ4v) is 1.16. The number of Topliss-reactive ketones (excluding diaryl/α,β-unsaturated/α-hetero) is 1. The Kier molecular flexibility index (Phi) is 3.75. The lowest BCUT2D eigenvalue weighted by Gasteiger charge is -2.00. The van der Waals surface area contributed by atoms with E-state index in [1.807, 2.05) is 0 Å². The summed E-state index contributed by atoms with van der Waals surface area (Å²) in [6.45, 7) is 3.51. The number of allylic oxidation sites excluding steroid dienone is 1. The molecule has 0 saturated heterocycles. The van der Waals surface area contributed by atoms with E-state index in [4.69, 9.17) is 5.26 Å². The van der Waals surface area contributed by atoms with E-state index in [2.05, 4.69) is 6.58 Å². The Labute approximate surface area is 87.7 Å². The zero-order valence-electron chi connectivity index (χ0n) is 8.16. The molecule has 15 heavy (non-hydrogen) atoms. The fraction of sp³-hybridized carbons (Fsp3) is 0.167. The number of carbonyl (C=O) groups is 1. The molecular formula is C12H10FNO. The molecule has 0 aliphatic heterocycles. The Balaban J connectivity index is 2.92. The van der Waals surface area contributed by atoms with Gasteiger partial charge >= 0.3 is 0 Å². The number of benzene rings is 1. The number of carbonyl (C=O) groups excluding carboxylic acids is 1. The highest BCUT2D eigenvalue weighted by Crippen LogP contribution is 2.12. The average molecular weight is 203 g/mol. The van der Waals surface area contributed by atoms with Crippen molar-refractivity contribution in [3.8, 4) is 6.07 Å². The third-order valence-corrected chi connectivity index (χ3v) is 1.98. The number of rotatable bonds is 4. The van der Waals surface area contributed by atoms with Crippen molar-refractivity contribution in [2.24, 2.45) is 0 Å². The van der Waals surface area contributed by atoms with Gasteiger partial charge in [-0.05, 0) is 24.6 Å². The summed E-state index contributed by atoms with van der Waals surface area (Å²) in [6.07, 6.45) is 2.56. The zero-order valence-corrected chi connectivity index (χ0v) is 8.16. The summed E-state index contributed by atoms with van der Waals surface area (Å²) < 4.78 is 12.9. The Hall–Kier alpha value is -1.95. The van der Waals surface area contributed by atoms with E-state index in [-0.39, 0.29) is 11.3 Å². The molecule has 0 unspecified atom stereocenters. The van der Waals surface area contributed by atoms with Crippen molar-refractivity contribution < 1.29 is 9.18 Å². The molecule has 1 rings (SSSR count). The minimum Gasteiger partial charge on any atom is -0.294 e. The molecule has 0 N–H and O–H groups in total. The van der Waals surface area contributed by atoms with Gasteiger partial charge in [-0.3, -0.25) is 4.79 Å². The summed E-state index contributed by atoms with van der Waals surface area (Å²) in [4.78, 5) is 11.5. The third-order valence-electron chi connectivity index (χ3n) is 1.98. The summed E-state index contributed by atoms with van der Waals surface area (Å²) in [5.74, 6) is -0.704. The minimum atomic E-state index is -0.599. The number of hydrogen-bond donors (Lipinski definition) is 0. The van der Waals surface area contributed by atoms with Crippen LogP contribution < -0.4 is 0 Å². The van der Waals surface area contributed by atoms with Crippen LogP contribution >= 0.6 is 0 Å². The van der Waals surface area contributed by atoms with Crippen molar-refractivity contribution in [1.29, 1.82) is 5.26 Å². The third kappa shape index (κ3) is 2.75. The number of nitrogens with zero attached hydrogens (tertiary/aromatic N) is 1. The van der Waals surface area contributed by atoms with Gasteiger partial charge in [-0.2, -0.15) is 5.26 Å². The summed E-state index contributed by atoms with van der Waals surface area (Å²) in [5.41, 5.74) is 0.272. The van der Waals surface area contributed by atoms with E-state index in [1.54, 1.807) is 12.1 Å². The molecule has 1 aromatic rings. The number of nitriles is 1. The van der Waals surface area contributed by atoms with Crippen LogP contribution in [0.2, 0.25) is 0 Å². The molecule has 0 spiro atoms. The Morgan fingerprint density at radius 1 is 1.60 bits per heavy atom. The normalized spacial score (nSPS) is 9.33. The summed E-state index contributed by atoms with van der Waals surface area (Å²) in [7, 11) is 0. The van der Waals surface area contributed by atoms with Crippen molar-refractivity contribution in [3.05, 3.63) is 47.8 Å². The summed E-state index contributed by atoms with van der Waals surface area (Å²) in [5, 5.41) is 8.58. The van der Waals surface area contributed by atoms with Crippen molar-refractivity contribution in [2.75, 3.05) is 0 Å². The Morgan fingerprint density at radius 2 is 2.33 bits per heavy atom. The van der Waals surface area contributed by atoms with Gasteiger partial charge in [0.2, 0.25) is 0 Å². The fourth-order valence-electron chi connectivity index (χ4n) is 1.16. The van der Waals surface area contributed by atoms with Crippen molar-refractivity contribution in [1.82, 2.24) is 0 Å². The maximum absolute atomic E-state index is 12.9. The number of hydrogen-bond acceptors (Lipinski definition) is 2. The van der Waals surface area contributed by atoms with Gasteiger partial charge in [-0.1, -0.05) is 6.08 Å². The van der Waals surface area contributed by atoms with Gasteiger partial charge in [0.1, 0.15) is 11.9 Å². The van der Waals surface area contributed by atoms with Crippen LogP contribution in [0.1, 0.15) is 28.8 Å². The van der Waals surface area contributed by atoms with Crippen LogP contribution in [0.4, 0.5) is 4.39 Å². The highest BCUT2D eigenvalue weighted by molar-refractivity contribution is 5.96. The molecule has 0 heterocycles. The van der Waals surface area contributed by atoms with E-state index < -0.39 is 5.82 Å². The van der Waals surface area contributed by atoms with Crippen molar-refractivity contribution in [2.45, 2.75) is 12.8 Å². The van der Waals surface area contributed by atoms with Gasteiger partial charge < -0.3 is 0 Å². The Bertz CT molecular complexity index is 432. The molecule has 3 heteroatoms. The van der Waals surface area contributed by atoms with E-state index in [1.165, 1.54) is 12.1 Å². The zero-order chi connectivity index (χ0) is 11.3. The van der Waals surface area contributed by atoms with Gasteiger partial charge in [-0.25, -0.2) is 4.39 Å². The molecule has 0 aromatic heterocycles. The second-order valence-corrected chi connectivity index (χ2v) is 3.06.